The normalized spacial score (nSPS) is 16.3. The van der Waals surface area contributed by atoms with E-state index in [4.69, 9.17) is 4.42 Å². The van der Waals surface area contributed by atoms with Gasteiger partial charge in [0.2, 0.25) is 10.0 Å². The van der Waals surface area contributed by atoms with Gasteiger partial charge in [-0.15, -0.1) is 0 Å². The maximum absolute atomic E-state index is 12.9. The van der Waals surface area contributed by atoms with Gasteiger partial charge < -0.3 is 9.32 Å². The number of sulfonamides is 1. The number of benzene rings is 2. The second kappa shape index (κ2) is 8.42. The highest BCUT2D eigenvalue weighted by Crippen LogP contribution is 2.23. The summed E-state index contributed by atoms with van der Waals surface area (Å²) >= 11 is 0. The topological polar surface area (TPSA) is 75.4 Å². The second-order valence-electron chi connectivity index (χ2n) is 8.13. The molecule has 1 aliphatic heterocycles. The molecule has 5 rings (SSSR count). The molecule has 0 spiro atoms. The van der Waals surface area contributed by atoms with Crippen LogP contribution in [0.3, 0.4) is 0 Å². The molecule has 1 N–H and O–H groups in total. The van der Waals surface area contributed by atoms with Gasteiger partial charge >= 0.3 is 0 Å². The summed E-state index contributed by atoms with van der Waals surface area (Å²) in [6.07, 6.45) is 7.81. The molecule has 0 unspecified atom stereocenters. The Morgan fingerprint density at radius 3 is 2.77 bits per heavy atom. The summed E-state index contributed by atoms with van der Waals surface area (Å²) in [7, 11) is -3.54. The lowest BCUT2D eigenvalue weighted by Gasteiger charge is -2.32. The van der Waals surface area contributed by atoms with Crippen LogP contribution in [-0.2, 0) is 16.4 Å². The number of hydrogen-bond acceptors (Lipinski definition) is 5. The minimum Gasteiger partial charge on any atom is -0.464 e. The molecule has 0 saturated carbocycles. The van der Waals surface area contributed by atoms with E-state index in [0.29, 0.717) is 4.90 Å². The molecule has 31 heavy (non-hydrogen) atoms. The number of furan rings is 1. The van der Waals surface area contributed by atoms with Crippen molar-refractivity contribution in [3.8, 4) is 0 Å². The molecule has 1 saturated heterocycles. The molecular formula is C24H25N3O3S. The molecule has 7 heteroatoms. The predicted octanol–water partition coefficient (Wildman–Crippen LogP) is 3.97. The van der Waals surface area contributed by atoms with Crippen LogP contribution in [0.2, 0.25) is 0 Å². The first-order valence-electron chi connectivity index (χ1n) is 10.6. The smallest absolute Gasteiger partial charge is 0.240 e. The lowest BCUT2D eigenvalue weighted by molar-refractivity contribution is 0.209. The maximum atomic E-state index is 12.9. The number of aromatic nitrogens is 1. The van der Waals surface area contributed by atoms with Crippen molar-refractivity contribution in [3.05, 3.63) is 72.8 Å². The molecule has 1 fully saturated rings. The zero-order valence-electron chi connectivity index (χ0n) is 17.2. The fraction of sp³-hybridized carbons (Fsp3) is 0.292. The predicted molar refractivity (Wildman–Crippen MR) is 121 cm³/mol. The zero-order valence-corrected chi connectivity index (χ0v) is 18.0. The van der Waals surface area contributed by atoms with Crippen LogP contribution in [0.15, 0.2) is 76.5 Å². The van der Waals surface area contributed by atoms with Gasteiger partial charge in [-0.3, -0.25) is 4.98 Å². The largest absolute Gasteiger partial charge is 0.464 e. The van der Waals surface area contributed by atoms with Crippen molar-refractivity contribution in [2.45, 2.75) is 30.2 Å². The maximum Gasteiger partial charge on any atom is 0.240 e. The van der Waals surface area contributed by atoms with Crippen molar-refractivity contribution < 1.29 is 12.8 Å². The lowest BCUT2D eigenvalue weighted by atomic mass is 10.0. The standard InChI is InChI=1S/C24H25N3O3S/c28-31(29,22-6-5-19-16-25-11-7-18(19)15-22)26-21-9-13-27(14-10-21)12-8-20-17-30-24-4-2-1-3-23(20)24/h1-7,11,15-17,21,26H,8-10,12-14H2. The Hall–Kier alpha value is -2.74. The van der Waals surface area contributed by atoms with Gasteiger partial charge in [0.15, 0.2) is 0 Å². The van der Waals surface area contributed by atoms with Gasteiger partial charge in [0.05, 0.1) is 11.2 Å². The Morgan fingerprint density at radius 2 is 1.90 bits per heavy atom. The Morgan fingerprint density at radius 1 is 1.06 bits per heavy atom. The van der Waals surface area contributed by atoms with E-state index in [2.05, 4.69) is 20.7 Å². The van der Waals surface area contributed by atoms with Gasteiger partial charge in [-0.05, 0) is 67.6 Å². The average Bonchev–Trinajstić information content (AvgIpc) is 3.21. The highest BCUT2D eigenvalue weighted by molar-refractivity contribution is 7.89. The van der Waals surface area contributed by atoms with Crippen LogP contribution in [0.1, 0.15) is 18.4 Å². The minimum absolute atomic E-state index is 0.0378. The van der Waals surface area contributed by atoms with E-state index in [-0.39, 0.29) is 6.04 Å². The van der Waals surface area contributed by atoms with Gasteiger partial charge in [0, 0.05) is 35.8 Å². The zero-order chi connectivity index (χ0) is 21.3. The van der Waals surface area contributed by atoms with Gasteiger partial charge in [-0.1, -0.05) is 24.3 Å². The third kappa shape index (κ3) is 4.35. The van der Waals surface area contributed by atoms with Crippen molar-refractivity contribution >= 4 is 31.8 Å². The Balaban J connectivity index is 1.17. The van der Waals surface area contributed by atoms with E-state index >= 15 is 0 Å². The summed E-state index contributed by atoms with van der Waals surface area (Å²) in [6.45, 7) is 2.71. The highest BCUT2D eigenvalue weighted by Gasteiger charge is 2.25. The first-order valence-corrected chi connectivity index (χ1v) is 12.1. The molecule has 2 aromatic carbocycles. The van der Waals surface area contributed by atoms with E-state index in [1.54, 1.807) is 30.6 Å². The van der Waals surface area contributed by atoms with E-state index in [9.17, 15) is 8.42 Å². The average molecular weight is 436 g/mol. The minimum atomic E-state index is -3.54. The first-order chi connectivity index (χ1) is 15.1. The summed E-state index contributed by atoms with van der Waals surface area (Å²) in [5.41, 5.74) is 2.15. The van der Waals surface area contributed by atoms with Crippen LogP contribution in [0.25, 0.3) is 21.7 Å². The van der Waals surface area contributed by atoms with E-state index in [1.165, 1.54) is 10.9 Å². The number of nitrogens with zero attached hydrogens (tertiary/aromatic N) is 2. The number of pyridine rings is 1. The number of para-hydroxylation sites is 1. The fourth-order valence-corrected chi connectivity index (χ4v) is 5.64. The number of nitrogens with one attached hydrogen (secondary N) is 1. The molecular weight excluding hydrogens is 410 g/mol. The lowest BCUT2D eigenvalue weighted by Crippen LogP contribution is -2.45. The van der Waals surface area contributed by atoms with Crippen molar-refractivity contribution in [3.63, 3.8) is 0 Å². The van der Waals surface area contributed by atoms with Gasteiger partial charge in [-0.2, -0.15) is 0 Å². The summed E-state index contributed by atoms with van der Waals surface area (Å²) in [5.74, 6) is 0. The van der Waals surface area contributed by atoms with Crippen LogP contribution in [0.5, 0.6) is 0 Å². The molecule has 6 nitrogen and oxygen atoms in total. The molecule has 2 aromatic heterocycles. The van der Waals surface area contributed by atoms with E-state index in [0.717, 1.165) is 55.3 Å². The highest BCUT2D eigenvalue weighted by atomic mass is 32.2. The second-order valence-corrected chi connectivity index (χ2v) is 9.84. The molecule has 0 aliphatic carbocycles. The van der Waals surface area contributed by atoms with Crippen molar-refractivity contribution in [2.24, 2.45) is 0 Å². The number of likely N-dealkylation sites (tertiary alicyclic amines) is 1. The molecule has 4 aromatic rings. The number of rotatable bonds is 6. The fourth-order valence-electron chi connectivity index (χ4n) is 4.30. The molecule has 1 aliphatic rings. The molecule has 0 radical (unpaired) electrons. The van der Waals surface area contributed by atoms with Gasteiger partial charge in [-0.25, -0.2) is 13.1 Å². The molecule has 160 valence electrons. The molecule has 0 bridgehead atoms. The number of hydrogen-bond donors (Lipinski definition) is 1. The molecule has 3 heterocycles. The van der Waals surface area contributed by atoms with Gasteiger partial charge in [0.1, 0.15) is 5.58 Å². The van der Waals surface area contributed by atoms with E-state index < -0.39 is 10.0 Å². The van der Waals surface area contributed by atoms with Crippen molar-refractivity contribution in [1.29, 1.82) is 0 Å². The SMILES string of the molecule is O=S(=O)(NC1CCN(CCc2coc3ccccc23)CC1)c1ccc2cnccc2c1. The van der Waals surface area contributed by atoms with Crippen LogP contribution in [-0.4, -0.2) is 44.0 Å². The number of fused-ring (bicyclic) bond motifs is 2. The summed E-state index contributed by atoms with van der Waals surface area (Å²) in [4.78, 5) is 6.78. The summed E-state index contributed by atoms with van der Waals surface area (Å²) in [6, 6.07) is 15.1. The third-order valence-electron chi connectivity index (χ3n) is 6.09. The monoisotopic (exact) mass is 435 g/mol. The van der Waals surface area contributed by atoms with Crippen molar-refractivity contribution in [1.82, 2.24) is 14.6 Å². The van der Waals surface area contributed by atoms with Crippen LogP contribution in [0.4, 0.5) is 0 Å². The first kappa shape index (κ1) is 20.2. The van der Waals surface area contributed by atoms with Crippen LogP contribution in [0, 0.1) is 0 Å². The summed E-state index contributed by atoms with van der Waals surface area (Å²) in [5, 5.41) is 2.98. The molecule has 0 amide bonds. The van der Waals surface area contributed by atoms with Crippen LogP contribution < -0.4 is 4.72 Å². The third-order valence-corrected chi connectivity index (χ3v) is 7.61. The molecule has 0 atom stereocenters. The van der Waals surface area contributed by atoms with Gasteiger partial charge in [0.25, 0.3) is 0 Å². The summed E-state index contributed by atoms with van der Waals surface area (Å²) < 4.78 is 34.3. The Kier molecular flexibility index (Phi) is 5.48. The quantitative estimate of drug-likeness (QED) is 0.496. The Bertz CT molecular complexity index is 1310. The van der Waals surface area contributed by atoms with E-state index in [1.807, 2.05) is 30.5 Å². The number of piperidine rings is 1. The van der Waals surface area contributed by atoms with Crippen molar-refractivity contribution in [2.75, 3.05) is 19.6 Å². The Labute approximate surface area is 181 Å². The van der Waals surface area contributed by atoms with Crippen LogP contribution >= 0.6 is 0 Å².